The Morgan fingerprint density at radius 1 is 1.08 bits per heavy atom. The molecule has 3 rings (SSSR count). The maximum absolute atomic E-state index is 12.3. The lowest BCUT2D eigenvalue weighted by atomic mass is 10.1. The minimum absolute atomic E-state index is 0.0952. The van der Waals surface area contributed by atoms with Gasteiger partial charge >= 0.3 is 0 Å². The predicted molar refractivity (Wildman–Crippen MR) is 103 cm³/mol. The van der Waals surface area contributed by atoms with E-state index in [1.165, 1.54) is 6.20 Å². The highest BCUT2D eigenvalue weighted by Gasteiger charge is 2.10. The number of hydrogen-bond donors (Lipinski definition) is 3. The summed E-state index contributed by atoms with van der Waals surface area (Å²) in [7, 11) is 0. The van der Waals surface area contributed by atoms with Crippen LogP contribution in [0.25, 0.3) is 10.8 Å². The van der Waals surface area contributed by atoms with E-state index in [1.807, 2.05) is 12.1 Å². The summed E-state index contributed by atoms with van der Waals surface area (Å²) >= 11 is 5.89. The van der Waals surface area contributed by atoms with Gasteiger partial charge in [0.2, 0.25) is 0 Å². The van der Waals surface area contributed by atoms with E-state index in [0.29, 0.717) is 21.8 Å². The first-order valence-electron chi connectivity index (χ1n) is 7.73. The Kier molecular flexibility index (Phi) is 5.07. The van der Waals surface area contributed by atoms with Crippen molar-refractivity contribution in [2.75, 3.05) is 10.6 Å². The van der Waals surface area contributed by atoms with E-state index in [9.17, 15) is 15.2 Å². The summed E-state index contributed by atoms with van der Waals surface area (Å²) in [5, 5.41) is 26.7. The van der Waals surface area contributed by atoms with Crippen LogP contribution in [0.3, 0.4) is 0 Å². The van der Waals surface area contributed by atoms with E-state index in [2.05, 4.69) is 10.6 Å². The van der Waals surface area contributed by atoms with Gasteiger partial charge in [0.1, 0.15) is 17.4 Å². The highest BCUT2D eigenvalue weighted by molar-refractivity contribution is 6.31. The van der Waals surface area contributed by atoms with Gasteiger partial charge in [-0.15, -0.1) is 0 Å². The molecule has 0 spiro atoms. The van der Waals surface area contributed by atoms with Gasteiger partial charge in [-0.2, -0.15) is 5.26 Å². The van der Waals surface area contributed by atoms with Crippen LogP contribution >= 0.6 is 11.6 Å². The minimum atomic E-state index is -0.551. The third-order valence-corrected chi connectivity index (χ3v) is 3.95. The first-order chi connectivity index (χ1) is 12.6. The number of nitriles is 1. The van der Waals surface area contributed by atoms with Crippen LogP contribution in [0.4, 0.5) is 11.4 Å². The molecule has 3 aromatic carbocycles. The average molecular weight is 364 g/mol. The largest absolute Gasteiger partial charge is 0.507 e. The van der Waals surface area contributed by atoms with Gasteiger partial charge in [0.25, 0.3) is 5.91 Å². The molecule has 1 amide bonds. The summed E-state index contributed by atoms with van der Waals surface area (Å²) in [4.78, 5) is 12.3. The maximum Gasteiger partial charge on any atom is 0.267 e. The standard InChI is InChI=1S/C20H14ClN3O2/c21-14-4-1-5-15(10-14)24-20(26)13(11-22)12-23-18-8-2-7-17-16(18)6-3-9-19(17)25/h1-10,12,23,25H,(H,24,26)/b13-12-. The van der Waals surface area contributed by atoms with E-state index in [-0.39, 0.29) is 11.3 Å². The SMILES string of the molecule is N#C/C(=C/Nc1cccc2c(O)cccc12)C(=O)Nc1cccc(Cl)c1. The Morgan fingerprint density at radius 3 is 2.58 bits per heavy atom. The van der Waals surface area contributed by atoms with Gasteiger partial charge in [0, 0.05) is 33.4 Å². The number of carbonyl (C=O) groups is 1. The number of phenols is 1. The summed E-state index contributed by atoms with van der Waals surface area (Å²) in [6.07, 6.45) is 1.33. The zero-order chi connectivity index (χ0) is 18.5. The number of phenolic OH excluding ortho intramolecular Hbond substituents is 1. The van der Waals surface area contributed by atoms with Gasteiger partial charge in [0.15, 0.2) is 0 Å². The summed E-state index contributed by atoms with van der Waals surface area (Å²) < 4.78 is 0. The fourth-order valence-corrected chi connectivity index (χ4v) is 2.67. The summed E-state index contributed by atoms with van der Waals surface area (Å²) in [5.74, 6) is -0.389. The van der Waals surface area contributed by atoms with Crippen LogP contribution in [0, 0.1) is 11.3 Å². The average Bonchev–Trinajstić information content (AvgIpc) is 2.63. The van der Waals surface area contributed by atoms with Crippen molar-refractivity contribution in [3.8, 4) is 11.8 Å². The van der Waals surface area contributed by atoms with Crippen molar-refractivity contribution in [1.29, 1.82) is 5.26 Å². The predicted octanol–water partition coefficient (Wildman–Crippen LogP) is 4.66. The zero-order valence-electron chi connectivity index (χ0n) is 13.5. The summed E-state index contributed by atoms with van der Waals surface area (Å²) in [5.41, 5.74) is 1.07. The smallest absolute Gasteiger partial charge is 0.267 e. The van der Waals surface area contributed by atoms with Crippen molar-refractivity contribution >= 4 is 39.7 Å². The van der Waals surface area contributed by atoms with Crippen LogP contribution in [-0.2, 0) is 4.79 Å². The van der Waals surface area contributed by atoms with Crippen molar-refractivity contribution in [2.24, 2.45) is 0 Å². The molecule has 0 unspecified atom stereocenters. The van der Waals surface area contributed by atoms with Crippen molar-refractivity contribution < 1.29 is 9.90 Å². The topological polar surface area (TPSA) is 85.2 Å². The first-order valence-corrected chi connectivity index (χ1v) is 8.11. The molecule has 0 aliphatic heterocycles. The molecule has 0 saturated carbocycles. The van der Waals surface area contributed by atoms with Crippen LogP contribution in [0.15, 0.2) is 72.4 Å². The van der Waals surface area contributed by atoms with Crippen LogP contribution < -0.4 is 10.6 Å². The third kappa shape index (κ3) is 3.77. The molecule has 0 saturated heterocycles. The van der Waals surface area contributed by atoms with Crippen molar-refractivity contribution in [1.82, 2.24) is 0 Å². The number of amides is 1. The monoisotopic (exact) mass is 363 g/mol. The fourth-order valence-electron chi connectivity index (χ4n) is 2.48. The molecular weight excluding hydrogens is 350 g/mol. The highest BCUT2D eigenvalue weighted by Crippen LogP contribution is 2.29. The number of benzene rings is 3. The quantitative estimate of drug-likeness (QED) is 0.465. The van der Waals surface area contributed by atoms with E-state index in [1.54, 1.807) is 54.6 Å². The number of aromatic hydroxyl groups is 1. The first kappa shape index (κ1) is 17.3. The molecule has 3 aromatic rings. The number of nitrogens with one attached hydrogen (secondary N) is 2. The van der Waals surface area contributed by atoms with E-state index in [4.69, 9.17) is 11.6 Å². The number of carbonyl (C=O) groups excluding carboxylic acids is 1. The van der Waals surface area contributed by atoms with Crippen LogP contribution in [-0.4, -0.2) is 11.0 Å². The lowest BCUT2D eigenvalue weighted by Crippen LogP contribution is -2.14. The normalized spacial score (nSPS) is 11.0. The zero-order valence-corrected chi connectivity index (χ0v) is 14.3. The van der Waals surface area contributed by atoms with E-state index in [0.717, 1.165) is 5.39 Å². The van der Waals surface area contributed by atoms with Crippen molar-refractivity contribution in [3.05, 3.63) is 77.5 Å². The molecule has 0 atom stereocenters. The molecule has 3 N–H and O–H groups in total. The molecule has 0 heterocycles. The second-order valence-corrected chi connectivity index (χ2v) is 5.89. The molecule has 0 aliphatic rings. The van der Waals surface area contributed by atoms with Gasteiger partial charge in [-0.25, -0.2) is 0 Å². The third-order valence-electron chi connectivity index (χ3n) is 3.72. The number of rotatable bonds is 4. The molecule has 0 fully saturated rings. The molecule has 128 valence electrons. The Labute approximate surface area is 155 Å². The lowest BCUT2D eigenvalue weighted by Gasteiger charge is -2.08. The molecule has 0 radical (unpaired) electrons. The van der Waals surface area contributed by atoms with Gasteiger partial charge < -0.3 is 15.7 Å². The van der Waals surface area contributed by atoms with Gasteiger partial charge in [-0.3, -0.25) is 4.79 Å². The Bertz CT molecular complexity index is 1050. The molecule has 26 heavy (non-hydrogen) atoms. The number of anilines is 2. The molecule has 5 nitrogen and oxygen atoms in total. The van der Waals surface area contributed by atoms with E-state index < -0.39 is 5.91 Å². The highest BCUT2D eigenvalue weighted by atomic mass is 35.5. The Balaban J connectivity index is 1.83. The lowest BCUT2D eigenvalue weighted by molar-refractivity contribution is -0.112. The molecule has 6 heteroatoms. The van der Waals surface area contributed by atoms with E-state index >= 15 is 0 Å². The number of nitrogens with zero attached hydrogens (tertiary/aromatic N) is 1. The molecule has 0 bridgehead atoms. The van der Waals surface area contributed by atoms with Gasteiger partial charge in [-0.1, -0.05) is 41.9 Å². The minimum Gasteiger partial charge on any atom is -0.507 e. The molecule has 0 aromatic heterocycles. The van der Waals surface area contributed by atoms with Crippen LogP contribution in [0.2, 0.25) is 5.02 Å². The fraction of sp³-hybridized carbons (Fsp3) is 0. The van der Waals surface area contributed by atoms with Gasteiger partial charge in [0.05, 0.1) is 0 Å². The number of halogens is 1. The second kappa shape index (κ2) is 7.60. The Hall–Kier alpha value is -3.49. The van der Waals surface area contributed by atoms with Crippen LogP contribution in [0.1, 0.15) is 0 Å². The molecular formula is C20H14ClN3O2. The number of fused-ring (bicyclic) bond motifs is 1. The van der Waals surface area contributed by atoms with Gasteiger partial charge in [-0.05, 0) is 30.3 Å². The molecule has 0 aliphatic carbocycles. The van der Waals surface area contributed by atoms with Crippen molar-refractivity contribution in [3.63, 3.8) is 0 Å². The maximum atomic E-state index is 12.3. The Morgan fingerprint density at radius 2 is 1.81 bits per heavy atom. The van der Waals surface area contributed by atoms with Crippen LogP contribution in [0.5, 0.6) is 5.75 Å². The summed E-state index contributed by atoms with van der Waals surface area (Å²) in [6, 6.07) is 19.1. The summed E-state index contributed by atoms with van der Waals surface area (Å²) in [6.45, 7) is 0. The second-order valence-electron chi connectivity index (χ2n) is 5.46. The van der Waals surface area contributed by atoms with Crippen molar-refractivity contribution in [2.45, 2.75) is 0 Å². The number of hydrogen-bond acceptors (Lipinski definition) is 4.